The van der Waals surface area contributed by atoms with Crippen molar-refractivity contribution in [3.05, 3.63) is 0 Å². The summed E-state index contributed by atoms with van der Waals surface area (Å²) in [6.45, 7) is 16.4. The lowest BCUT2D eigenvalue weighted by molar-refractivity contribution is 0.140. The summed E-state index contributed by atoms with van der Waals surface area (Å²) in [6.07, 6.45) is 5.70. The van der Waals surface area contributed by atoms with Crippen LogP contribution >= 0.6 is 0 Å². The molecule has 18 heavy (non-hydrogen) atoms. The van der Waals surface area contributed by atoms with Crippen molar-refractivity contribution < 1.29 is 0 Å². The summed E-state index contributed by atoms with van der Waals surface area (Å²) >= 11 is 0. The molecule has 0 spiro atoms. The number of rotatable bonds is 8. The molecule has 1 aliphatic carbocycles. The summed E-state index contributed by atoms with van der Waals surface area (Å²) < 4.78 is 0. The van der Waals surface area contributed by atoms with Crippen LogP contribution in [0.15, 0.2) is 0 Å². The van der Waals surface area contributed by atoms with Crippen molar-refractivity contribution >= 4 is 0 Å². The van der Waals surface area contributed by atoms with Gasteiger partial charge in [0.2, 0.25) is 0 Å². The van der Waals surface area contributed by atoms with E-state index < -0.39 is 0 Å². The van der Waals surface area contributed by atoms with Crippen molar-refractivity contribution in [2.45, 2.75) is 66.3 Å². The quantitative estimate of drug-likeness (QED) is 0.713. The molecule has 0 aromatic heterocycles. The van der Waals surface area contributed by atoms with E-state index >= 15 is 0 Å². The van der Waals surface area contributed by atoms with Crippen LogP contribution in [0.5, 0.6) is 0 Å². The fourth-order valence-electron chi connectivity index (χ4n) is 3.23. The van der Waals surface area contributed by atoms with E-state index in [-0.39, 0.29) is 0 Å². The maximum Gasteiger partial charge on any atom is 0.00501 e. The first-order valence-corrected chi connectivity index (χ1v) is 7.93. The van der Waals surface area contributed by atoms with E-state index in [9.17, 15) is 0 Å². The number of nitrogens with zero attached hydrogens (tertiary/aromatic N) is 1. The Morgan fingerprint density at radius 2 is 1.72 bits per heavy atom. The maximum atomic E-state index is 3.68. The van der Waals surface area contributed by atoms with Crippen LogP contribution in [-0.2, 0) is 0 Å². The number of hydrogen-bond acceptors (Lipinski definition) is 2. The van der Waals surface area contributed by atoms with Crippen molar-refractivity contribution in [3.8, 4) is 0 Å². The zero-order chi connectivity index (χ0) is 13.6. The van der Waals surface area contributed by atoms with E-state index in [0.29, 0.717) is 11.5 Å². The van der Waals surface area contributed by atoms with Gasteiger partial charge in [-0.05, 0) is 30.7 Å². The summed E-state index contributed by atoms with van der Waals surface area (Å²) in [5.41, 5.74) is 0.551. The molecular formula is C16H34N2. The molecule has 0 aromatic carbocycles. The van der Waals surface area contributed by atoms with Gasteiger partial charge in [-0.25, -0.2) is 0 Å². The van der Waals surface area contributed by atoms with E-state index in [1.165, 1.54) is 51.9 Å². The molecule has 0 saturated heterocycles. The predicted molar refractivity (Wildman–Crippen MR) is 81.0 cm³/mol. The molecule has 0 amide bonds. The molecule has 0 heterocycles. The standard InChI is InChI=1S/C16H34N2/c1-6-18(11-14(2)3)13-16(9-7-8-10-16)12-17-15(4)5/h14-15,17H,6-13H2,1-5H3. The SMILES string of the molecule is CCN(CC(C)C)CC1(CNC(C)C)CCCC1. The van der Waals surface area contributed by atoms with E-state index in [1.807, 2.05) is 0 Å². The topological polar surface area (TPSA) is 15.3 Å². The van der Waals surface area contributed by atoms with Crippen LogP contribution in [0.1, 0.15) is 60.3 Å². The highest BCUT2D eigenvalue weighted by Crippen LogP contribution is 2.38. The summed E-state index contributed by atoms with van der Waals surface area (Å²) in [4.78, 5) is 2.66. The van der Waals surface area contributed by atoms with Gasteiger partial charge in [-0.15, -0.1) is 0 Å². The minimum atomic E-state index is 0.551. The Balaban J connectivity index is 2.54. The highest BCUT2D eigenvalue weighted by molar-refractivity contribution is 4.90. The molecular weight excluding hydrogens is 220 g/mol. The molecule has 0 unspecified atom stereocenters. The molecule has 1 N–H and O–H groups in total. The fraction of sp³-hybridized carbons (Fsp3) is 1.00. The van der Waals surface area contributed by atoms with Gasteiger partial charge < -0.3 is 10.2 Å². The molecule has 1 aliphatic rings. The second-order valence-electron chi connectivity index (χ2n) is 6.96. The minimum absolute atomic E-state index is 0.551. The lowest BCUT2D eigenvalue weighted by Gasteiger charge is -2.36. The molecule has 0 radical (unpaired) electrons. The van der Waals surface area contributed by atoms with Crippen molar-refractivity contribution in [2.24, 2.45) is 11.3 Å². The summed E-state index contributed by atoms with van der Waals surface area (Å²) in [6, 6.07) is 0.614. The Morgan fingerprint density at radius 3 is 2.17 bits per heavy atom. The Morgan fingerprint density at radius 1 is 1.11 bits per heavy atom. The molecule has 0 atom stereocenters. The minimum Gasteiger partial charge on any atom is -0.314 e. The Labute approximate surface area is 115 Å². The number of hydrogen-bond donors (Lipinski definition) is 1. The largest absolute Gasteiger partial charge is 0.314 e. The highest BCUT2D eigenvalue weighted by Gasteiger charge is 2.35. The van der Waals surface area contributed by atoms with Crippen molar-refractivity contribution in [1.82, 2.24) is 10.2 Å². The first-order valence-electron chi connectivity index (χ1n) is 7.93. The van der Waals surface area contributed by atoms with E-state index in [1.54, 1.807) is 0 Å². The predicted octanol–water partition coefficient (Wildman–Crippen LogP) is 3.52. The molecule has 0 bridgehead atoms. The van der Waals surface area contributed by atoms with Gasteiger partial charge in [-0.3, -0.25) is 0 Å². The van der Waals surface area contributed by atoms with Gasteiger partial charge in [-0.2, -0.15) is 0 Å². The third-order valence-electron chi connectivity index (χ3n) is 4.18. The number of nitrogens with one attached hydrogen (secondary N) is 1. The molecule has 108 valence electrons. The lowest BCUT2D eigenvalue weighted by atomic mass is 9.85. The van der Waals surface area contributed by atoms with Crippen molar-refractivity contribution in [1.29, 1.82) is 0 Å². The van der Waals surface area contributed by atoms with Gasteiger partial charge in [0.15, 0.2) is 0 Å². The molecule has 1 rings (SSSR count). The van der Waals surface area contributed by atoms with Crippen molar-refractivity contribution in [2.75, 3.05) is 26.2 Å². The van der Waals surface area contributed by atoms with Crippen molar-refractivity contribution in [3.63, 3.8) is 0 Å². The molecule has 1 fully saturated rings. The van der Waals surface area contributed by atoms with E-state index in [2.05, 4.69) is 44.8 Å². The summed E-state index contributed by atoms with van der Waals surface area (Å²) in [5, 5.41) is 3.68. The molecule has 1 saturated carbocycles. The average molecular weight is 254 g/mol. The molecule has 0 aliphatic heterocycles. The van der Waals surface area contributed by atoms with Crippen LogP contribution < -0.4 is 5.32 Å². The second kappa shape index (κ2) is 7.49. The molecule has 2 nitrogen and oxygen atoms in total. The van der Waals surface area contributed by atoms with Gasteiger partial charge in [-0.1, -0.05) is 47.5 Å². The third-order valence-corrected chi connectivity index (χ3v) is 4.18. The van der Waals surface area contributed by atoms with Crippen LogP contribution in [0.25, 0.3) is 0 Å². The summed E-state index contributed by atoms with van der Waals surface area (Å²) in [7, 11) is 0. The molecule has 0 aromatic rings. The van der Waals surface area contributed by atoms with Gasteiger partial charge in [0.05, 0.1) is 0 Å². The van der Waals surface area contributed by atoms with Gasteiger partial charge >= 0.3 is 0 Å². The normalized spacial score (nSPS) is 19.3. The lowest BCUT2D eigenvalue weighted by Crippen LogP contribution is -2.45. The first kappa shape index (κ1) is 16.0. The van der Waals surface area contributed by atoms with Gasteiger partial charge in [0, 0.05) is 25.7 Å². The first-order chi connectivity index (χ1) is 8.47. The van der Waals surface area contributed by atoms with E-state index in [0.717, 1.165) is 5.92 Å². The summed E-state index contributed by atoms with van der Waals surface area (Å²) in [5.74, 6) is 0.779. The zero-order valence-corrected chi connectivity index (χ0v) is 13.3. The van der Waals surface area contributed by atoms with Crippen LogP contribution in [0, 0.1) is 11.3 Å². The maximum absolute atomic E-state index is 3.68. The Kier molecular flexibility index (Phi) is 6.65. The van der Waals surface area contributed by atoms with Crippen LogP contribution in [-0.4, -0.2) is 37.1 Å². The Hall–Kier alpha value is -0.0800. The average Bonchev–Trinajstić information content (AvgIpc) is 2.74. The van der Waals surface area contributed by atoms with E-state index in [4.69, 9.17) is 0 Å². The smallest absolute Gasteiger partial charge is 0.00501 e. The van der Waals surface area contributed by atoms with Crippen LogP contribution in [0.3, 0.4) is 0 Å². The Bertz CT molecular complexity index is 217. The zero-order valence-electron chi connectivity index (χ0n) is 13.3. The van der Waals surface area contributed by atoms with Crippen LogP contribution in [0.2, 0.25) is 0 Å². The van der Waals surface area contributed by atoms with Gasteiger partial charge in [0.1, 0.15) is 0 Å². The van der Waals surface area contributed by atoms with Gasteiger partial charge in [0.25, 0.3) is 0 Å². The fourth-order valence-corrected chi connectivity index (χ4v) is 3.23. The monoisotopic (exact) mass is 254 g/mol. The third kappa shape index (κ3) is 5.27. The second-order valence-corrected chi connectivity index (χ2v) is 6.96. The van der Waals surface area contributed by atoms with Crippen LogP contribution in [0.4, 0.5) is 0 Å². The highest BCUT2D eigenvalue weighted by atomic mass is 15.1. The molecule has 2 heteroatoms.